The largest absolute Gasteiger partial charge is 0.480 e. The summed E-state index contributed by atoms with van der Waals surface area (Å²) in [7, 11) is 0. The van der Waals surface area contributed by atoms with E-state index >= 15 is 0 Å². The van der Waals surface area contributed by atoms with Crippen molar-refractivity contribution in [3.05, 3.63) is 42.1 Å². The van der Waals surface area contributed by atoms with Crippen molar-refractivity contribution in [2.75, 3.05) is 0 Å². The molecule has 2 rings (SSSR count). The summed E-state index contributed by atoms with van der Waals surface area (Å²) >= 11 is 0. The van der Waals surface area contributed by atoms with Crippen molar-refractivity contribution in [1.82, 2.24) is 15.1 Å². The molecule has 1 atom stereocenters. The van der Waals surface area contributed by atoms with Gasteiger partial charge < -0.3 is 14.8 Å². The summed E-state index contributed by atoms with van der Waals surface area (Å²) in [6.07, 6.45) is 4.48. The molecule has 2 heterocycles. The molecule has 7 heteroatoms. The van der Waals surface area contributed by atoms with E-state index in [9.17, 15) is 9.59 Å². The number of carboxylic acid groups (broad SMARTS) is 1. The predicted molar refractivity (Wildman–Crippen MR) is 73.8 cm³/mol. The number of aromatic nitrogens is 2. The zero-order chi connectivity index (χ0) is 15.2. The van der Waals surface area contributed by atoms with Gasteiger partial charge in [0.1, 0.15) is 11.8 Å². The number of furan rings is 1. The molecule has 21 heavy (non-hydrogen) atoms. The van der Waals surface area contributed by atoms with Gasteiger partial charge in [0.25, 0.3) is 5.91 Å². The quantitative estimate of drug-likeness (QED) is 0.805. The minimum atomic E-state index is -1.05. The Morgan fingerprint density at radius 3 is 2.90 bits per heavy atom. The van der Waals surface area contributed by atoms with Gasteiger partial charge in [-0.15, -0.1) is 0 Å². The highest BCUT2D eigenvalue weighted by molar-refractivity contribution is 5.94. The van der Waals surface area contributed by atoms with Gasteiger partial charge >= 0.3 is 5.97 Å². The predicted octanol–water partition coefficient (Wildman–Crippen LogP) is 1.51. The van der Waals surface area contributed by atoms with Crippen LogP contribution >= 0.6 is 0 Å². The second kappa shape index (κ2) is 6.74. The summed E-state index contributed by atoms with van der Waals surface area (Å²) in [5.74, 6) is -0.901. The van der Waals surface area contributed by atoms with Crippen LogP contribution in [0.1, 0.15) is 36.1 Å². The molecule has 0 saturated heterocycles. The van der Waals surface area contributed by atoms with Crippen molar-refractivity contribution in [3.63, 3.8) is 0 Å². The van der Waals surface area contributed by atoms with E-state index in [1.807, 2.05) is 6.92 Å². The van der Waals surface area contributed by atoms with Crippen LogP contribution in [-0.2, 0) is 11.3 Å². The zero-order valence-corrected chi connectivity index (χ0v) is 11.7. The Bertz CT molecular complexity index is 604. The fourth-order valence-corrected chi connectivity index (χ4v) is 1.91. The molecule has 1 amide bonds. The first-order chi connectivity index (χ1) is 10.1. The van der Waals surface area contributed by atoms with E-state index < -0.39 is 17.9 Å². The highest BCUT2D eigenvalue weighted by Gasteiger charge is 2.21. The van der Waals surface area contributed by atoms with Gasteiger partial charge in [0, 0.05) is 12.4 Å². The molecule has 0 aliphatic heterocycles. The lowest BCUT2D eigenvalue weighted by Gasteiger charge is -2.12. The lowest BCUT2D eigenvalue weighted by atomic mass is 10.1. The molecule has 0 aromatic carbocycles. The molecule has 0 spiro atoms. The Kier molecular flexibility index (Phi) is 4.76. The van der Waals surface area contributed by atoms with Gasteiger partial charge in [-0.05, 0) is 24.6 Å². The van der Waals surface area contributed by atoms with E-state index in [1.54, 1.807) is 29.2 Å². The van der Waals surface area contributed by atoms with Gasteiger partial charge in [-0.3, -0.25) is 9.48 Å². The Morgan fingerprint density at radius 2 is 2.29 bits per heavy atom. The van der Waals surface area contributed by atoms with Crippen molar-refractivity contribution >= 4 is 11.9 Å². The van der Waals surface area contributed by atoms with Crippen LogP contribution in [0, 0.1) is 0 Å². The number of nitrogens with zero attached hydrogens (tertiary/aromatic N) is 2. The average Bonchev–Trinajstić information content (AvgIpc) is 3.10. The summed E-state index contributed by atoms with van der Waals surface area (Å²) in [5.41, 5.74) is 0. The maximum atomic E-state index is 12.0. The van der Waals surface area contributed by atoms with Crippen LogP contribution in [0.4, 0.5) is 0 Å². The lowest BCUT2D eigenvalue weighted by molar-refractivity contribution is -0.139. The van der Waals surface area contributed by atoms with Crippen LogP contribution in [0.15, 0.2) is 35.0 Å². The molecule has 112 valence electrons. The molecule has 0 unspecified atom stereocenters. The van der Waals surface area contributed by atoms with Crippen LogP contribution in [-0.4, -0.2) is 32.8 Å². The molecule has 0 bridgehead atoms. The number of aliphatic carboxylic acids is 1. The molecule has 7 nitrogen and oxygen atoms in total. The Labute approximate surface area is 121 Å². The number of amides is 1. The molecule has 2 aromatic rings. The van der Waals surface area contributed by atoms with E-state index in [0.29, 0.717) is 25.1 Å². The first kappa shape index (κ1) is 14.8. The first-order valence-electron chi connectivity index (χ1n) is 6.70. The minimum Gasteiger partial charge on any atom is -0.480 e. The van der Waals surface area contributed by atoms with E-state index in [0.717, 1.165) is 0 Å². The Balaban J connectivity index is 1.99. The van der Waals surface area contributed by atoms with Crippen molar-refractivity contribution in [2.45, 2.75) is 32.4 Å². The van der Waals surface area contributed by atoms with Gasteiger partial charge in [-0.1, -0.05) is 13.3 Å². The van der Waals surface area contributed by atoms with Crippen LogP contribution in [0.2, 0.25) is 0 Å². The standard InChI is InChI=1S/C14H17N3O4/c1-2-4-11(14(19)20)16-13(18)12-6-5-10(21-12)9-17-8-3-7-15-17/h3,5-8,11H,2,4,9H2,1H3,(H,16,18)(H,19,20)/t11-/m0/s1. The monoisotopic (exact) mass is 291 g/mol. The Hall–Kier alpha value is -2.57. The average molecular weight is 291 g/mol. The summed E-state index contributed by atoms with van der Waals surface area (Å²) in [5, 5.41) is 15.5. The van der Waals surface area contributed by atoms with Crippen molar-refractivity contribution in [1.29, 1.82) is 0 Å². The molecule has 0 aliphatic rings. The number of hydrogen-bond acceptors (Lipinski definition) is 4. The van der Waals surface area contributed by atoms with Crippen molar-refractivity contribution in [2.24, 2.45) is 0 Å². The fourth-order valence-electron chi connectivity index (χ4n) is 1.91. The number of hydrogen-bond donors (Lipinski definition) is 2. The van der Waals surface area contributed by atoms with Crippen molar-refractivity contribution in [3.8, 4) is 0 Å². The third kappa shape index (κ3) is 3.95. The molecule has 0 aliphatic carbocycles. The minimum absolute atomic E-state index is 0.0968. The van der Waals surface area contributed by atoms with Gasteiger partial charge in [0.2, 0.25) is 0 Å². The van der Waals surface area contributed by atoms with E-state index in [1.165, 1.54) is 6.07 Å². The summed E-state index contributed by atoms with van der Waals surface area (Å²) in [6, 6.07) is 4.09. The maximum Gasteiger partial charge on any atom is 0.326 e. The summed E-state index contributed by atoms with van der Waals surface area (Å²) in [4.78, 5) is 23.0. The van der Waals surface area contributed by atoms with Gasteiger partial charge in [0.05, 0.1) is 6.54 Å². The van der Waals surface area contributed by atoms with Crippen LogP contribution < -0.4 is 5.32 Å². The second-order valence-electron chi connectivity index (χ2n) is 4.62. The molecular weight excluding hydrogens is 274 g/mol. The summed E-state index contributed by atoms with van der Waals surface area (Å²) < 4.78 is 7.08. The van der Waals surface area contributed by atoms with Gasteiger partial charge in [-0.2, -0.15) is 5.10 Å². The number of carbonyl (C=O) groups is 2. The van der Waals surface area contributed by atoms with Gasteiger partial charge in [0.15, 0.2) is 5.76 Å². The molecule has 0 saturated carbocycles. The fraction of sp³-hybridized carbons (Fsp3) is 0.357. The van der Waals surface area contributed by atoms with Crippen LogP contribution in [0.5, 0.6) is 0 Å². The topological polar surface area (TPSA) is 97.4 Å². The van der Waals surface area contributed by atoms with E-state index in [-0.39, 0.29) is 5.76 Å². The lowest BCUT2D eigenvalue weighted by Crippen LogP contribution is -2.40. The second-order valence-corrected chi connectivity index (χ2v) is 4.62. The molecular formula is C14H17N3O4. The molecule has 2 aromatic heterocycles. The molecule has 2 N–H and O–H groups in total. The smallest absolute Gasteiger partial charge is 0.326 e. The first-order valence-corrected chi connectivity index (χ1v) is 6.70. The number of nitrogens with one attached hydrogen (secondary N) is 1. The van der Waals surface area contributed by atoms with E-state index in [4.69, 9.17) is 9.52 Å². The highest BCUT2D eigenvalue weighted by Crippen LogP contribution is 2.10. The van der Waals surface area contributed by atoms with Crippen LogP contribution in [0.3, 0.4) is 0 Å². The third-order valence-corrected chi connectivity index (χ3v) is 2.94. The van der Waals surface area contributed by atoms with Gasteiger partial charge in [-0.25, -0.2) is 4.79 Å². The van der Waals surface area contributed by atoms with Crippen molar-refractivity contribution < 1.29 is 19.1 Å². The normalized spacial score (nSPS) is 12.0. The maximum absolute atomic E-state index is 12.0. The summed E-state index contributed by atoms with van der Waals surface area (Å²) in [6.45, 7) is 2.27. The third-order valence-electron chi connectivity index (χ3n) is 2.94. The molecule has 0 fully saturated rings. The highest BCUT2D eigenvalue weighted by atomic mass is 16.4. The zero-order valence-electron chi connectivity index (χ0n) is 11.7. The number of carboxylic acids is 1. The SMILES string of the molecule is CCC[C@H](NC(=O)c1ccc(Cn2cccn2)o1)C(=O)O. The number of carbonyl (C=O) groups excluding carboxylic acids is 1. The van der Waals surface area contributed by atoms with Crippen LogP contribution in [0.25, 0.3) is 0 Å². The molecule has 0 radical (unpaired) electrons. The Morgan fingerprint density at radius 1 is 1.48 bits per heavy atom. The number of rotatable bonds is 7. The van der Waals surface area contributed by atoms with E-state index in [2.05, 4.69) is 10.4 Å².